The zero-order valence-corrected chi connectivity index (χ0v) is 9.41. The van der Waals surface area contributed by atoms with E-state index >= 15 is 0 Å². The molecule has 6 heteroatoms. The Morgan fingerprint density at radius 2 is 2.00 bits per heavy atom. The standard InChI is InChI=1S/C12H8F2N4/c1-6-2-7(9(14)3-8(6)13)11-17-10-4-15-5-16-12(10)18-11/h2-5H,1H3,(H,15,16,17,18). The summed E-state index contributed by atoms with van der Waals surface area (Å²) in [5.41, 5.74) is 1.63. The molecule has 0 bridgehead atoms. The highest BCUT2D eigenvalue weighted by Gasteiger charge is 2.13. The van der Waals surface area contributed by atoms with Crippen molar-refractivity contribution in [3.05, 3.63) is 41.9 Å². The minimum absolute atomic E-state index is 0.215. The van der Waals surface area contributed by atoms with Crippen LogP contribution in [0.1, 0.15) is 5.56 Å². The summed E-state index contributed by atoms with van der Waals surface area (Å²) < 4.78 is 26.9. The molecule has 90 valence electrons. The Labute approximate surface area is 101 Å². The molecule has 3 aromatic rings. The summed E-state index contributed by atoms with van der Waals surface area (Å²) in [6.45, 7) is 1.57. The minimum atomic E-state index is -0.662. The molecule has 2 heterocycles. The third kappa shape index (κ3) is 1.62. The molecule has 2 aromatic heterocycles. The number of hydrogen-bond donors (Lipinski definition) is 1. The quantitative estimate of drug-likeness (QED) is 0.718. The lowest BCUT2D eigenvalue weighted by atomic mass is 10.1. The summed E-state index contributed by atoms with van der Waals surface area (Å²) in [7, 11) is 0. The largest absolute Gasteiger partial charge is 0.335 e. The monoisotopic (exact) mass is 246 g/mol. The highest BCUT2D eigenvalue weighted by molar-refractivity contribution is 5.75. The van der Waals surface area contributed by atoms with E-state index in [1.165, 1.54) is 12.4 Å². The van der Waals surface area contributed by atoms with Gasteiger partial charge < -0.3 is 4.98 Å². The van der Waals surface area contributed by atoms with Crippen LogP contribution in [0.4, 0.5) is 8.78 Å². The lowest BCUT2D eigenvalue weighted by Gasteiger charge is -2.02. The number of aromatic amines is 1. The van der Waals surface area contributed by atoms with Gasteiger partial charge in [0.2, 0.25) is 0 Å². The second-order valence-electron chi connectivity index (χ2n) is 3.93. The van der Waals surface area contributed by atoms with Gasteiger partial charge in [0.25, 0.3) is 0 Å². The first-order valence-corrected chi connectivity index (χ1v) is 5.27. The number of rotatable bonds is 1. The van der Waals surface area contributed by atoms with Crippen LogP contribution in [0.2, 0.25) is 0 Å². The smallest absolute Gasteiger partial charge is 0.181 e. The van der Waals surface area contributed by atoms with E-state index in [4.69, 9.17) is 0 Å². The van der Waals surface area contributed by atoms with E-state index in [1.54, 1.807) is 13.1 Å². The zero-order chi connectivity index (χ0) is 12.7. The average molecular weight is 246 g/mol. The van der Waals surface area contributed by atoms with E-state index < -0.39 is 11.6 Å². The number of hydrogen-bond acceptors (Lipinski definition) is 3. The normalized spacial score (nSPS) is 11.1. The molecule has 1 N–H and O–H groups in total. The Kier molecular flexibility index (Phi) is 2.29. The molecule has 0 aliphatic rings. The summed E-state index contributed by atoms with van der Waals surface area (Å²) in [4.78, 5) is 14.8. The second-order valence-corrected chi connectivity index (χ2v) is 3.93. The summed E-state index contributed by atoms with van der Waals surface area (Å²) >= 11 is 0. The number of nitrogens with one attached hydrogen (secondary N) is 1. The molecule has 1 aromatic carbocycles. The van der Waals surface area contributed by atoms with E-state index in [2.05, 4.69) is 19.9 Å². The van der Waals surface area contributed by atoms with Crippen LogP contribution in [0.3, 0.4) is 0 Å². The second kappa shape index (κ2) is 3.83. The topological polar surface area (TPSA) is 54.5 Å². The SMILES string of the molecule is Cc1cc(-c2nc3ncncc3[nH]2)c(F)cc1F. The van der Waals surface area contributed by atoms with Gasteiger partial charge in [0.1, 0.15) is 29.3 Å². The van der Waals surface area contributed by atoms with Crippen molar-refractivity contribution in [2.45, 2.75) is 6.92 Å². The molecular weight excluding hydrogens is 238 g/mol. The molecule has 18 heavy (non-hydrogen) atoms. The van der Waals surface area contributed by atoms with Crippen molar-refractivity contribution in [3.63, 3.8) is 0 Å². The third-order valence-corrected chi connectivity index (χ3v) is 2.67. The van der Waals surface area contributed by atoms with Gasteiger partial charge in [-0.25, -0.2) is 23.7 Å². The van der Waals surface area contributed by atoms with E-state index in [-0.39, 0.29) is 5.56 Å². The van der Waals surface area contributed by atoms with Gasteiger partial charge in [0.15, 0.2) is 5.65 Å². The van der Waals surface area contributed by atoms with Crippen LogP contribution in [0.5, 0.6) is 0 Å². The van der Waals surface area contributed by atoms with Crippen molar-refractivity contribution in [1.82, 2.24) is 19.9 Å². The van der Waals surface area contributed by atoms with Gasteiger partial charge in [-0.1, -0.05) is 0 Å². The minimum Gasteiger partial charge on any atom is -0.335 e. The highest BCUT2D eigenvalue weighted by atomic mass is 19.1. The fraction of sp³-hybridized carbons (Fsp3) is 0.0833. The number of imidazole rings is 1. The maximum Gasteiger partial charge on any atom is 0.181 e. The fourth-order valence-corrected chi connectivity index (χ4v) is 1.73. The van der Waals surface area contributed by atoms with Crippen LogP contribution in [-0.2, 0) is 0 Å². The van der Waals surface area contributed by atoms with E-state index in [1.807, 2.05) is 0 Å². The van der Waals surface area contributed by atoms with Crippen LogP contribution >= 0.6 is 0 Å². The van der Waals surface area contributed by atoms with Crippen LogP contribution in [0.15, 0.2) is 24.7 Å². The Morgan fingerprint density at radius 3 is 2.78 bits per heavy atom. The molecule has 4 nitrogen and oxygen atoms in total. The number of aromatic nitrogens is 4. The van der Waals surface area contributed by atoms with Crippen molar-refractivity contribution in [1.29, 1.82) is 0 Å². The van der Waals surface area contributed by atoms with E-state index in [0.29, 0.717) is 22.6 Å². The first-order chi connectivity index (χ1) is 8.65. The number of benzene rings is 1. The summed E-state index contributed by atoms with van der Waals surface area (Å²) in [5.74, 6) is -0.927. The molecule has 0 aliphatic heterocycles. The van der Waals surface area contributed by atoms with Crippen molar-refractivity contribution in [2.75, 3.05) is 0 Å². The average Bonchev–Trinajstić information content (AvgIpc) is 2.77. The van der Waals surface area contributed by atoms with Gasteiger partial charge in [0.05, 0.1) is 11.8 Å². The van der Waals surface area contributed by atoms with Crippen molar-refractivity contribution in [2.24, 2.45) is 0 Å². The molecule has 0 unspecified atom stereocenters. The first-order valence-electron chi connectivity index (χ1n) is 5.27. The molecule has 0 saturated carbocycles. The fourth-order valence-electron chi connectivity index (χ4n) is 1.73. The van der Waals surface area contributed by atoms with E-state index in [9.17, 15) is 8.78 Å². The molecule has 0 aliphatic carbocycles. The molecule has 0 fully saturated rings. The summed E-state index contributed by atoms with van der Waals surface area (Å²) in [6, 6.07) is 2.26. The number of halogens is 2. The molecule has 3 rings (SSSR count). The van der Waals surface area contributed by atoms with Crippen molar-refractivity contribution < 1.29 is 8.78 Å². The maximum absolute atomic E-state index is 13.7. The van der Waals surface area contributed by atoms with Crippen LogP contribution < -0.4 is 0 Å². The third-order valence-electron chi connectivity index (χ3n) is 2.67. The molecule has 0 atom stereocenters. The molecule has 0 spiro atoms. The van der Waals surface area contributed by atoms with Gasteiger partial charge in [-0.05, 0) is 18.6 Å². The Hall–Kier alpha value is -2.37. The van der Waals surface area contributed by atoms with Gasteiger partial charge >= 0.3 is 0 Å². The summed E-state index contributed by atoms with van der Waals surface area (Å²) in [5, 5.41) is 0. The van der Waals surface area contributed by atoms with E-state index in [0.717, 1.165) is 6.07 Å². The Balaban J connectivity index is 2.22. The Morgan fingerprint density at radius 1 is 1.17 bits per heavy atom. The predicted molar refractivity (Wildman–Crippen MR) is 61.8 cm³/mol. The maximum atomic E-state index is 13.7. The number of H-pyrrole nitrogens is 1. The predicted octanol–water partition coefficient (Wildman–Crippen LogP) is 2.61. The molecular formula is C12H8F2N4. The number of nitrogens with zero attached hydrogens (tertiary/aromatic N) is 3. The lowest BCUT2D eigenvalue weighted by Crippen LogP contribution is -1.91. The van der Waals surface area contributed by atoms with Gasteiger partial charge in [-0.3, -0.25) is 0 Å². The van der Waals surface area contributed by atoms with Gasteiger partial charge in [-0.15, -0.1) is 0 Å². The van der Waals surface area contributed by atoms with Crippen LogP contribution in [0.25, 0.3) is 22.6 Å². The zero-order valence-electron chi connectivity index (χ0n) is 9.41. The van der Waals surface area contributed by atoms with Crippen LogP contribution in [-0.4, -0.2) is 19.9 Å². The van der Waals surface area contributed by atoms with Crippen molar-refractivity contribution >= 4 is 11.2 Å². The number of fused-ring (bicyclic) bond motifs is 1. The first kappa shape index (κ1) is 10.8. The lowest BCUT2D eigenvalue weighted by molar-refractivity contribution is 0.579. The highest BCUT2D eigenvalue weighted by Crippen LogP contribution is 2.24. The van der Waals surface area contributed by atoms with Gasteiger partial charge in [-0.2, -0.15) is 0 Å². The van der Waals surface area contributed by atoms with Crippen LogP contribution in [0, 0.1) is 18.6 Å². The number of aryl methyl sites for hydroxylation is 1. The summed E-state index contributed by atoms with van der Waals surface area (Å²) in [6.07, 6.45) is 2.91. The Bertz CT molecular complexity index is 703. The molecule has 0 amide bonds. The van der Waals surface area contributed by atoms with Crippen molar-refractivity contribution in [3.8, 4) is 11.4 Å². The van der Waals surface area contributed by atoms with Gasteiger partial charge in [0, 0.05) is 6.07 Å². The molecule has 0 radical (unpaired) electrons. The molecule has 0 saturated heterocycles.